The van der Waals surface area contributed by atoms with Crippen molar-refractivity contribution >= 4 is 5.78 Å². The van der Waals surface area contributed by atoms with Crippen LogP contribution in [0.5, 0.6) is 0 Å². The van der Waals surface area contributed by atoms with Crippen LogP contribution in [0.15, 0.2) is 0 Å². The number of ketones is 1. The van der Waals surface area contributed by atoms with Crippen LogP contribution in [0.4, 0.5) is 0 Å². The second-order valence-corrected chi connectivity index (χ2v) is 2.75. The summed E-state index contributed by atoms with van der Waals surface area (Å²) in [5.41, 5.74) is 5.19. The Kier molecular flexibility index (Phi) is 2.40. The standard InChI is InChI=1S/C7H13NO2/c1-5-2-6(4-10-5)7(9)3-8/h5-6H,2-4,8H2,1H3. The molecule has 0 spiro atoms. The van der Waals surface area contributed by atoms with Crippen LogP contribution < -0.4 is 5.73 Å². The molecule has 0 amide bonds. The van der Waals surface area contributed by atoms with Gasteiger partial charge in [0, 0.05) is 5.92 Å². The Bertz CT molecular complexity index is 136. The Hall–Kier alpha value is -0.410. The number of rotatable bonds is 2. The van der Waals surface area contributed by atoms with Gasteiger partial charge in [-0.25, -0.2) is 0 Å². The van der Waals surface area contributed by atoms with Crippen molar-refractivity contribution in [2.45, 2.75) is 19.4 Å². The second kappa shape index (κ2) is 3.12. The lowest BCUT2D eigenvalue weighted by molar-refractivity contribution is -0.121. The molecule has 2 unspecified atom stereocenters. The van der Waals surface area contributed by atoms with Gasteiger partial charge in [-0.1, -0.05) is 0 Å². The predicted octanol–water partition coefficient (Wildman–Crippen LogP) is -0.0608. The minimum absolute atomic E-state index is 0.0694. The molecule has 0 aliphatic carbocycles. The van der Waals surface area contributed by atoms with Crippen LogP contribution in [0, 0.1) is 5.92 Å². The van der Waals surface area contributed by atoms with Crippen LogP contribution in [0.25, 0.3) is 0 Å². The van der Waals surface area contributed by atoms with Crippen molar-refractivity contribution in [1.82, 2.24) is 0 Å². The summed E-state index contributed by atoms with van der Waals surface area (Å²) >= 11 is 0. The first kappa shape index (κ1) is 7.69. The number of nitrogens with two attached hydrogens (primary N) is 1. The van der Waals surface area contributed by atoms with Crippen molar-refractivity contribution < 1.29 is 9.53 Å². The molecule has 1 heterocycles. The van der Waals surface area contributed by atoms with E-state index >= 15 is 0 Å². The monoisotopic (exact) mass is 143 g/mol. The van der Waals surface area contributed by atoms with Gasteiger partial charge in [-0.05, 0) is 13.3 Å². The summed E-state index contributed by atoms with van der Waals surface area (Å²) in [5, 5.41) is 0. The minimum Gasteiger partial charge on any atom is -0.378 e. The van der Waals surface area contributed by atoms with Gasteiger partial charge in [0.1, 0.15) is 0 Å². The average molecular weight is 143 g/mol. The van der Waals surface area contributed by atoms with Crippen molar-refractivity contribution in [3.8, 4) is 0 Å². The van der Waals surface area contributed by atoms with Gasteiger partial charge in [-0.15, -0.1) is 0 Å². The molecular weight excluding hydrogens is 130 g/mol. The van der Waals surface area contributed by atoms with E-state index in [2.05, 4.69) is 0 Å². The Labute approximate surface area is 60.5 Å². The molecule has 0 aromatic carbocycles. The van der Waals surface area contributed by atoms with Gasteiger partial charge in [0.25, 0.3) is 0 Å². The molecule has 1 rings (SSSR count). The van der Waals surface area contributed by atoms with E-state index in [4.69, 9.17) is 10.5 Å². The van der Waals surface area contributed by atoms with Gasteiger partial charge in [-0.3, -0.25) is 4.79 Å². The van der Waals surface area contributed by atoms with E-state index in [0.29, 0.717) is 6.61 Å². The molecule has 0 saturated carbocycles. The van der Waals surface area contributed by atoms with Crippen molar-refractivity contribution in [1.29, 1.82) is 0 Å². The highest BCUT2D eigenvalue weighted by molar-refractivity contribution is 5.83. The van der Waals surface area contributed by atoms with Gasteiger partial charge in [-0.2, -0.15) is 0 Å². The number of carbonyl (C=O) groups is 1. The maximum atomic E-state index is 11.0. The highest BCUT2D eigenvalue weighted by Crippen LogP contribution is 2.18. The third kappa shape index (κ3) is 1.55. The maximum absolute atomic E-state index is 11.0. The summed E-state index contributed by atoms with van der Waals surface area (Å²) < 4.78 is 5.21. The van der Waals surface area contributed by atoms with E-state index in [-0.39, 0.29) is 24.3 Å². The summed E-state index contributed by atoms with van der Waals surface area (Å²) in [4.78, 5) is 11.0. The highest BCUT2D eigenvalue weighted by atomic mass is 16.5. The van der Waals surface area contributed by atoms with Gasteiger partial charge in [0.05, 0.1) is 19.3 Å². The number of carbonyl (C=O) groups excluding carboxylic acids is 1. The average Bonchev–Trinajstić information content (AvgIpc) is 2.34. The Morgan fingerprint density at radius 2 is 2.50 bits per heavy atom. The molecule has 1 fully saturated rings. The first-order chi connectivity index (χ1) is 4.74. The third-order valence-electron chi connectivity index (χ3n) is 1.85. The molecule has 2 atom stereocenters. The Morgan fingerprint density at radius 3 is 2.90 bits per heavy atom. The topological polar surface area (TPSA) is 52.3 Å². The Morgan fingerprint density at radius 1 is 1.80 bits per heavy atom. The molecule has 10 heavy (non-hydrogen) atoms. The van der Waals surface area contributed by atoms with Crippen LogP contribution in [0.2, 0.25) is 0 Å². The number of hydrogen-bond acceptors (Lipinski definition) is 3. The van der Waals surface area contributed by atoms with Gasteiger partial charge >= 0.3 is 0 Å². The zero-order valence-corrected chi connectivity index (χ0v) is 6.17. The lowest BCUT2D eigenvalue weighted by Gasteiger charge is -2.01. The molecule has 0 bridgehead atoms. The third-order valence-corrected chi connectivity index (χ3v) is 1.85. The molecule has 3 heteroatoms. The van der Waals surface area contributed by atoms with E-state index < -0.39 is 0 Å². The quantitative estimate of drug-likeness (QED) is 0.589. The van der Waals surface area contributed by atoms with Crippen molar-refractivity contribution in [3.05, 3.63) is 0 Å². The summed E-state index contributed by atoms with van der Waals surface area (Å²) in [5.74, 6) is 0.198. The number of ether oxygens (including phenoxy) is 1. The largest absolute Gasteiger partial charge is 0.378 e. The van der Waals surface area contributed by atoms with Gasteiger partial charge < -0.3 is 10.5 Å². The van der Waals surface area contributed by atoms with Crippen LogP contribution >= 0.6 is 0 Å². The van der Waals surface area contributed by atoms with Gasteiger partial charge in [0.2, 0.25) is 0 Å². The molecule has 0 aromatic rings. The maximum Gasteiger partial charge on any atom is 0.151 e. The van der Waals surface area contributed by atoms with E-state index in [9.17, 15) is 4.79 Å². The second-order valence-electron chi connectivity index (χ2n) is 2.75. The van der Waals surface area contributed by atoms with Crippen LogP contribution in [-0.4, -0.2) is 25.0 Å². The van der Waals surface area contributed by atoms with Crippen molar-refractivity contribution in [2.75, 3.05) is 13.2 Å². The molecular formula is C7H13NO2. The molecule has 1 aliphatic rings. The zero-order chi connectivity index (χ0) is 7.56. The molecule has 3 nitrogen and oxygen atoms in total. The molecule has 0 radical (unpaired) electrons. The predicted molar refractivity (Wildman–Crippen MR) is 37.6 cm³/mol. The number of Topliss-reactive ketones (excluding diaryl/α,β-unsaturated/α-hetero) is 1. The van der Waals surface area contributed by atoms with E-state index in [0.717, 1.165) is 6.42 Å². The lowest BCUT2D eigenvalue weighted by Crippen LogP contribution is -2.23. The highest BCUT2D eigenvalue weighted by Gasteiger charge is 2.26. The fraction of sp³-hybridized carbons (Fsp3) is 0.857. The fourth-order valence-electron chi connectivity index (χ4n) is 1.21. The summed E-state index contributed by atoms with van der Waals surface area (Å²) in [6.45, 7) is 2.70. The first-order valence-electron chi connectivity index (χ1n) is 3.58. The molecule has 0 aromatic heterocycles. The van der Waals surface area contributed by atoms with E-state index in [1.165, 1.54) is 0 Å². The van der Waals surface area contributed by atoms with Crippen molar-refractivity contribution in [3.63, 3.8) is 0 Å². The van der Waals surface area contributed by atoms with Crippen molar-refractivity contribution in [2.24, 2.45) is 11.7 Å². The summed E-state index contributed by atoms with van der Waals surface area (Å²) in [6, 6.07) is 0. The molecule has 2 N–H and O–H groups in total. The van der Waals surface area contributed by atoms with Gasteiger partial charge in [0.15, 0.2) is 5.78 Å². The zero-order valence-electron chi connectivity index (χ0n) is 6.17. The van der Waals surface area contributed by atoms with Crippen LogP contribution in [-0.2, 0) is 9.53 Å². The fourth-order valence-corrected chi connectivity index (χ4v) is 1.21. The molecule has 1 aliphatic heterocycles. The normalized spacial score (nSPS) is 32.6. The smallest absolute Gasteiger partial charge is 0.151 e. The minimum atomic E-state index is 0.0694. The van der Waals surface area contributed by atoms with Crippen LogP contribution in [0.1, 0.15) is 13.3 Å². The Balaban J connectivity index is 2.37. The van der Waals surface area contributed by atoms with E-state index in [1.807, 2.05) is 6.92 Å². The molecule has 58 valence electrons. The first-order valence-corrected chi connectivity index (χ1v) is 3.58. The van der Waals surface area contributed by atoms with E-state index in [1.54, 1.807) is 0 Å². The summed E-state index contributed by atoms with van der Waals surface area (Å²) in [7, 11) is 0. The van der Waals surface area contributed by atoms with Crippen LogP contribution in [0.3, 0.4) is 0 Å². The lowest BCUT2D eigenvalue weighted by atomic mass is 10.0. The molecule has 1 saturated heterocycles. The number of hydrogen-bond donors (Lipinski definition) is 1. The SMILES string of the molecule is CC1CC(C(=O)CN)CO1. The summed E-state index contributed by atoms with van der Waals surface area (Å²) in [6.07, 6.45) is 1.08.